The highest BCUT2D eigenvalue weighted by Crippen LogP contribution is 2.38. The number of nitrogens with one attached hydrogen (secondary N) is 1. The molecule has 0 aliphatic heterocycles. The molecule has 0 saturated carbocycles. The van der Waals surface area contributed by atoms with Gasteiger partial charge in [-0.15, -0.1) is 0 Å². The molecule has 0 aliphatic rings. The van der Waals surface area contributed by atoms with E-state index in [2.05, 4.69) is 4.72 Å². The minimum absolute atomic E-state index is 0.00924. The first-order chi connectivity index (χ1) is 17.2. The number of benzene rings is 3. The second-order valence-corrected chi connectivity index (χ2v) is 9.34. The summed E-state index contributed by atoms with van der Waals surface area (Å²) >= 11 is 0. The lowest BCUT2D eigenvalue weighted by Crippen LogP contribution is -2.31. The third-order valence-corrected chi connectivity index (χ3v) is 6.56. The molecule has 0 aliphatic carbocycles. The Balaban J connectivity index is 1.59. The average molecular weight is 519 g/mol. The highest BCUT2D eigenvalue weighted by Gasteiger charge is 2.17. The molecular formula is C25H27FN2O7S. The van der Waals surface area contributed by atoms with Gasteiger partial charge < -0.3 is 23.8 Å². The van der Waals surface area contributed by atoms with E-state index in [0.29, 0.717) is 23.0 Å². The molecule has 192 valence electrons. The van der Waals surface area contributed by atoms with Gasteiger partial charge in [0.05, 0.1) is 26.2 Å². The van der Waals surface area contributed by atoms with Crippen LogP contribution >= 0.6 is 0 Å². The summed E-state index contributed by atoms with van der Waals surface area (Å²) in [5.74, 6) is 0.979. The number of likely N-dealkylation sites (N-methyl/N-ethyl adjacent to an activating group) is 1. The van der Waals surface area contributed by atoms with Crippen LogP contribution in [0.3, 0.4) is 0 Å². The van der Waals surface area contributed by atoms with E-state index in [1.165, 1.54) is 62.6 Å². The Labute approximate surface area is 209 Å². The SMILES string of the molecule is COc1cc(CN(C)C(=O)COc2ccc(S(=O)(=O)Nc3ccc(F)cc3)cc2)cc(OC)c1OC. The van der Waals surface area contributed by atoms with Gasteiger partial charge in [0.25, 0.3) is 15.9 Å². The predicted molar refractivity (Wildman–Crippen MR) is 132 cm³/mol. The Morgan fingerprint density at radius 2 is 1.50 bits per heavy atom. The summed E-state index contributed by atoms with van der Waals surface area (Å²) in [7, 11) is 2.30. The largest absolute Gasteiger partial charge is 0.493 e. The number of methoxy groups -OCH3 is 3. The Morgan fingerprint density at radius 3 is 2.03 bits per heavy atom. The van der Waals surface area contributed by atoms with Gasteiger partial charge >= 0.3 is 0 Å². The van der Waals surface area contributed by atoms with Crippen LogP contribution in [-0.2, 0) is 21.4 Å². The van der Waals surface area contributed by atoms with Gasteiger partial charge in [-0.25, -0.2) is 12.8 Å². The molecule has 0 spiro atoms. The molecule has 11 heteroatoms. The summed E-state index contributed by atoms with van der Waals surface area (Å²) < 4.78 is 62.0. The van der Waals surface area contributed by atoms with Crippen LogP contribution in [-0.4, -0.2) is 54.2 Å². The van der Waals surface area contributed by atoms with Crippen molar-refractivity contribution in [2.75, 3.05) is 39.7 Å². The van der Waals surface area contributed by atoms with Crippen molar-refractivity contribution in [3.63, 3.8) is 0 Å². The van der Waals surface area contributed by atoms with Gasteiger partial charge in [0.2, 0.25) is 5.75 Å². The topological polar surface area (TPSA) is 103 Å². The molecule has 0 atom stereocenters. The molecule has 1 amide bonds. The van der Waals surface area contributed by atoms with E-state index in [0.717, 1.165) is 17.7 Å². The standard InChI is InChI=1S/C25H27FN2O7S/c1-28(15-17-13-22(32-2)25(34-4)23(14-17)33-3)24(29)16-35-20-9-11-21(12-10-20)36(30,31)27-19-7-5-18(26)6-8-19/h5-14,27H,15-16H2,1-4H3. The molecule has 0 heterocycles. The van der Waals surface area contributed by atoms with Gasteiger partial charge in [-0.05, 0) is 66.2 Å². The second kappa shape index (κ2) is 11.6. The smallest absolute Gasteiger partial charge is 0.261 e. The number of sulfonamides is 1. The van der Waals surface area contributed by atoms with Gasteiger partial charge in [0, 0.05) is 19.3 Å². The molecule has 0 radical (unpaired) electrons. The van der Waals surface area contributed by atoms with Crippen LogP contribution in [0.15, 0.2) is 65.6 Å². The van der Waals surface area contributed by atoms with Crippen LogP contribution < -0.4 is 23.7 Å². The molecular weight excluding hydrogens is 491 g/mol. The van der Waals surface area contributed by atoms with E-state index in [9.17, 15) is 17.6 Å². The normalized spacial score (nSPS) is 10.9. The van der Waals surface area contributed by atoms with Crippen LogP contribution in [0.4, 0.5) is 10.1 Å². The zero-order valence-corrected chi connectivity index (χ0v) is 21.1. The van der Waals surface area contributed by atoms with Crippen LogP contribution in [0.25, 0.3) is 0 Å². The lowest BCUT2D eigenvalue weighted by Gasteiger charge is -2.20. The van der Waals surface area contributed by atoms with Crippen molar-refractivity contribution in [3.05, 3.63) is 72.0 Å². The number of hydrogen-bond acceptors (Lipinski definition) is 7. The first kappa shape index (κ1) is 26.6. The Bertz CT molecular complexity index is 1270. The van der Waals surface area contributed by atoms with Crippen LogP contribution in [0.1, 0.15) is 5.56 Å². The minimum atomic E-state index is -3.87. The van der Waals surface area contributed by atoms with Gasteiger partial charge in [-0.3, -0.25) is 9.52 Å². The lowest BCUT2D eigenvalue weighted by molar-refractivity contribution is -0.132. The molecule has 0 unspecified atom stereocenters. The van der Waals surface area contributed by atoms with E-state index >= 15 is 0 Å². The van der Waals surface area contributed by atoms with Crippen molar-refractivity contribution in [2.24, 2.45) is 0 Å². The van der Waals surface area contributed by atoms with E-state index in [1.807, 2.05) is 0 Å². The number of nitrogens with zero attached hydrogens (tertiary/aromatic N) is 1. The van der Waals surface area contributed by atoms with Crippen LogP contribution in [0.2, 0.25) is 0 Å². The van der Waals surface area contributed by atoms with Crippen LogP contribution in [0, 0.1) is 5.82 Å². The number of carbonyl (C=O) groups is 1. The Hall–Kier alpha value is -3.99. The molecule has 3 aromatic rings. The van der Waals surface area contributed by atoms with Crippen molar-refractivity contribution in [3.8, 4) is 23.0 Å². The quantitative estimate of drug-likeness (QED) is 0.413. The molecule has 3 aromatic carbocycles. The maximum absolute atomic E-state index is 13.0. The van der Waals surface area contributed by atoms with E-state index < -0.39 is 15.8 Å². The fourth-order valence-electron chi connectivity index (χ4n) is 3.29. The summed E-state index contributed by atoms with van der Waals surface area (Å²) in [5, 5.41) is 0. The minimum Gasteiger partial charge on any atom is -0.493 e. The molecule has 0 aromatic heterocycles. The highest BCUT2D eigenvalue weighted by molar-refractivity contribution is 7.92. The maximum atomic E-state index is 13.0. The zero-order chi connectivity index (χ0) is 26.3. The van der Waals surface area contributed by atoms with E-state index in [1.54, 1.807) is 19.2 Å². The Morgan fingerprint density at radius 1 is 0.917 bits per heavy atom. The van der Waals surface area contributed by atoms with Crippen LogP contribution in [0.5, 0.6) is 23.0 Å². The third kappa shape index (κ3) is 6.57. The first-order valence-electron chi connectivity index (χ1n) is 10.7. The van der Waals surface area contributed by atoms with E-state index in [4.69, 9.17) is 18.9 Å². The molecule has 3 rings (SSSR count). The molecule has 0 bridgehead atoms. The number of halogens is 1. The molecule has 9 nitrogen and oxygen atoms in total. The molecule has 0 fully saturated rings. The number of anilines is 1. The zero-order valence-electron chi connectivity index (χ0n) is 20.3. The third-order valence-electron chi connectivity index (χ3n) is 5.16. The number of amides is 1. The van der Waals surface area contributed by atoms with Crippen molar-refractivity contribution in [2.45, 2.75) is 11.4 Å². The number of carbonyl (C=O) groups excluding carboxylic acids is 1. The average Bonchev–Trinajstić information content (AvgIpc) is 2.88. The van der Waals surface area contributed by atoms with Gasteiger partial charge in [0.1, 0.15) is 11.6 Å². The van der Waals surface area contributed by atoms with Crippen molar-refractivity contribution in [1.82, 2.24) is 4.90 Å². The fraction of sp³-hybridized carbons (Fsp3) is 0.240. The summed E-state index contributed by atoms with van der Waals surface area (Å²) in [4.78, 5) is 14.1. The highest BCUT2D eigenvalue weighted by atomic mass is 32.2. The molecule has 0 saturated heterocycles. The van der Waals surface area contributed by atoms with E-state index in [-0.39, 0.29) is 29.6 Å². The number of hydrogen-bond donors (Lipinski definition) is 1. The summed E-state index contributed by atoms with van der Waals surface area (Å²) in [6.45, 7) is 0.0198. The first-order valence-corrected chi connectivity index (χ1v) is 12.2. The van der Waals surface area contributed by atoms with Gasteiger partial charge in [-0.1, -0.05) is 0 Å². The van der Waals surface area contributed by atoms with Gasteiger partial charge in [-0.2, -0.15) is 0 Å². The fourth-order valence-corrected chi connectivity index (χ4v) is 4.35. The molecule has 1 N–H and O–H groups in total. The lowest BCUT2D eigenvalue weighted by atomic mass is 10.1. The monoisotopic (exact) mass is 518 g/mol. The number of rotatable bonds is 11. The van der Waals surface area contributed by atoms with Crippen molar-refractivity contribution < 1.29 is 36.6 Å². The maximum Gasteiger partial charge on any atom is 0.261 e. The summed E-state index contributed by atoms with van der Waals surface area (Å²) in [5.41, 5.74) is 1.00. The van der Waals surface area contributed by atoms with Gasteiger partial charge in [0.15, 0.2) is 18.1 Å². The van der Waals surface area contributed by atoms with Crippen molar-refractivity contribution >= 4 is 21.6 Å². The summed E-state index contributed by atoms with van der Waals surface area (Å²) in [6.07, 6.45) is 0. The number of ether oxygens (including phenoxy) is 4. The molecule has 36 heavy (non-hydrogen) atoms. The Kier molecular flexibility index (Phi) is 8.59. The van der Waals surface area contributed by atoms with Crippen molar-refractivity contribution in [1.29, 1.82) is 0 Å². The second-order valence-electron chi connectivity index (χ2n) is 7.66. The summed E-state index contributed by atoms with van der Waals surface area (Å²) in [6, 6.07) is 14.1. The predicted octanol–water partition coefficient (Wildman–Crippen LogP) is 3.69.